The molecular formula is C23H20F3N5O2. The van der Waals surface area contributed by atoms with Crippen molar-refractivity contribution >= 4 is 28.4 Å². The van der Waals surface area contributed by atoms with Crippen LogP contribution in [0.25, 0.3) is 16.6 Å². The van der Waals surface area contributed by atoms with E-state index in [-0.39, 0.29) is 5.56 Å². The van der Waals surface area contributed by atoms with E-state index in [9.17, 15) is 22.8 Å². The lowest BCUT2D eigenvalue weighted by atomic mass is 10.2. The van der Waals surface area contributed by atoms with Crippen LogP contribution in [0.1, 0.15) is 25.5 Å². The fourth-order valence-electron chi connectivity index (χ4n) is 3.36. The molecule has 0 saturated heterocycles. The Labute approximate surface area is 186 Å². The highest BCUT2D eigenvalue weighted by molar-refractivity contribution is 5.99. The van der Waals surface area contributed by atoms with Crippen LogP contribution in [0.15, 0.2) is 53.3 Å². The van der Waals surface area contributed by atoms with E-state index in [2.05, 4.69) is 20.7 Å². The SMILES string of the molecule is CCCCc1cc(NC(=O)Nc2ccc(F)c(F)c2F)n(-c2ccc3[nH]c(=O)ccc3c2)n1. The highest BCUT2D eigenvalue weighted by Gasteiger charge is 2.17. The molecule has 2 aromatic carbocycles. The molecule has 0 aliphatic rings. The van der Waals surface area contributed by atoms with Gasteiger partial charge in [-0.25, -0.2) is 22.6 Å². The van der Waals surface area contributed by atoms with E-state index in [1.165, 1.54) is 10.7 Å². The van der Waals surface area contributed by atoms with Gasteiger partial charge < -0.3 is 10.3 Å². The summed E-state index contributed by atoms with van der Waals surface area (Å²) in [6.07, 6.45) is 2.52. The second kappa shape index (κ2) is 9.19. The van der Waals surface area contributed by atoms with Crippen LogP contribution in [0.2, 0.25) is 0 Å². The Balaban J connectivity index is 1.65. The van der Waals surface area contributed by atoms with E-state index >= 15 is 0 Å². The van der Waals surface area contributed by atoms with Crippen LogP contribution in [0.5, 0.6) is 0 Å². The number of amides is 2. The number of unbranched alkanes of at least 4 members (excludes halogenated alkanes) is 1. The summed E-state index contributed by atoms with van der Waals surface area (Å²) < 4.78 is 42.1. The number of hydrogen-bond donors (Lipinski definition) is 3. The molecule has 10 heteroatoms. The Morgan fingerprint density at radius 2 is 1.85 bits per heavy atom. The number of nitrogens with zero attached hydrogens (tertiary/aromatic N) is 2. The largest absolute Gasteiger partial charge is 0.324 e. The number of carbonyl (C=O) groups excluding carboxylic acids is 1. The second-order valence-corrected chi connectivity index (χ2v) is 7.43. The van der Waals surface area contributed by atoms with Gasteiger partial charge in [0, 0.05) is 23.0 Å². The predicted octanol–water partition coefficient (Wildman–Crippen LogP) is 5.12. The van der Waals surface area contributed by atoms with Gasteiger partial charge >= 0.3 is 6.03 Å². The van der Waals surface area contributed by atoms with Crippen molar-refractivity contribution in [2.75, 3.05) is 10.6 Å². The zero-order valence-electron chi connectivity index (χ0n) is 17.6. The summed E-state index contributed by atoms with van der Waals surface area (Å²) in [4.78, 5) is 26.8. The first kappa shape index (κ1) is 22.1. The minimum Gasteiger partial charge on any atom is -0.322 e. The lowest BCUT2D eigenvalue weighted by molar-refractivity contribution is 0.262. The van der Waals surface area contributed by atoms with Crippen molar-refractivity contribution in [2.45, 2.75) is 26.2 Å². The number of pyridine rings is 1. The number of nitrogens with one attached hydrogen (secondary N) is 3. The maximum atomic E-state index is 13.9. The first-order valence-corrected chi connectivity index (χ1v) is 10.3. The lowest BCUT2D eigenvalue weighted by Gasteiger charge is -2.11. The van der Waals surface area contributed by atoms with E-state index in [0.717, 1.165) is 36.1 Å². The van der Waals surface area contributed by atoms with Crippen LogP contribution in [0.4, 0.5) is 29.5 Å². The van der Waals surface area contributed by atoms with Gasteiger partial charge in [-0.05, 0) is 49.2 Å². The van der Waals surface area contributed by atoms with Crippen molar-refractivity contribution in [3.63, 3.8) is 0 Å². The fraction of sp³-hybridized carbons (Fsp3) is 0.174. The summed E-state index contributed by atoms with van der Waals surface area (Å²) in [5, 5.41) is 10.1. The van der Waals surface area contributed by atoms with Crippen molar-refractivity contribution in [3.8, 4) is 5.69 Å². The number of carbonyl (C=O) groups is 1. The highest BCUT2D eigenvalue weighted by Crippen LogP contribution is 2.23. The zero-order chi connectivity index (χ0) is 23.5. The smallest absolute Gasteiger partial charge is 0.322 e. The van der Waals surface area contributed by atoms with Crippen LogP contribution in [0, 0.1) is 17.5 Å². The highest BCUT2D eigenvalue weighted by atomic mass is 19.2. The van der Waals surface area contributed by atoms with Gasteiger partial charge in [0.25, 0.3) is 0 Å². The molecule has 3 N–H and O–H groups in total. The Hall–Kier alpha value is -4.08. The van der Waals surface area contributed by atoms with Gasteiger partial charge in [-0.1, -0.05) is 13.3 Å². The average molecular weight is 455 g/mol. The fourth-order valence-corrected chi connectivity index (χ4v) is 3.36. The Morgan fingerprint density at radius 3 is 2.64 bits per heavy atom. The van der Waals surface area contributed by atoms with Gasteiger partial charge in [-0.15, -0.1) is 0 Å². The van der Waals surface area contributed by atoms with Crippen molar-refractivity contribution in [1.82, 2.24) is 14.8 Å². The number of urea groups is 1. The van der Waals surface area contributed by atoms with Gasteiger partial charge in [0.15, 0.2) is 17.5 Å². The van der Waals surface area contributed by atoms with Crippen molar-refractivity contribution in [3.05, 3.63) is 82.0 Å². The van der Waals surface area contributed by atoms with Crippen LogP contribution < -0.4 is 16.2 Å². The van der Waals surface area contributed by atoms with E-state index in [4.69, 9.17) is 0 Å². The number of halogens is 3. The summed E-state index contributed by atoms with van der Waals surface area (Å²) in [5.41, 5.74) is 1.27. The van der Waals surface area contributed by atoms with Crippen LogP contribution in [0.3, 0.4) is 0 Å². The predicted molar refractivity (Wildman–Crippen MR) is 119 cm³/mol. The molecule has 4 rings (SSSR count). The van der Waals surface area contributed by atoms with Crippen LogP contribution >= 0.6 is 0 Å². The number of benzene rings is 2. The third-order valence-electron chi connectivity index (χ3n) is 5.02. The van der Waals surface area contributed by atoms with E-state index < -0.39 is 29.2 Å². The normalized spacial score (nSPS) is 11.0. The zero-order valence-corrected chi connectivity index (χ0v) is 17.6. The summed E-state index contributed by atoms with van der Waals surface area (Å²) in [7, 11) is 0. The Bertz CT molecular complexity index is 1400. The molecule has 0 radical (unpaired) electrons. The number of aryl methyl sites for hydroxylation is 1. The molecule has 4 aromatic rings. The molecule has 7 nitrogen and oxygen atoms in total. The molecule has 0 aliphatic heterocycles. The number of H-pyrrole nitrogens is 1. The molecule has 2 aromatic heterocycles. The minimum atomic E-state index is -1.67. The van der Waals surface area contributed by atoms with Gasteiger partial charge in [-0.3, -0.25) is 10.1 Å². The number of anilines is 2. The number of hydrogen-bond acceptors (Lipinski definition) is 3. The van der Waals surface area contributed by atoms with E-state index in [1.54, 1.807) is 30.3 Å². The van der Waals surface area contributed by atoms with Crippen molar-refractivity contribution in [1.29, 1.82) is 0 Å². The third-order valence-corrected chi connectivity index (χ3v) is 5.02. The van der Waals surface area contributed by atoms with Crippen molar-refractivity contribution in [2.24, 2.45) is 0 Å². The Morgan fingerprint density at radius 1 is 1.03 bits per heavy atom. The maximum Gasteiger partial charge on any atom is 0.324 e. The Kier molecular flexibility index (Phi) is 6.16. The molecule has 2 heterocycles. The molecule has 2 amide bonds. The molecule has 0 saturated carbocycles. The van der Waals surface area contributed by atoms with Gasteiger partial charge in [0.1, 0.15) is 5.82 Å². The number of rotatable bonds is 6. The molecule has 0 unspecified atom stereocenters. The third kappa shape index (κ3) is 4.74. The molecule has 0 spiro atoms. The lowest BCUT2D eigenvalue weighted by Crippen LogP contribution is -2.22. The van der Waals surface area contributed by atoms with Gasteiger partial charge in [-0.2, -0.15) is 5.10 Å². The number of aromatic nitrogens is 3. The first-order chi connectivity index (χ1) is 15.9. The summed E-state index contributed by atoms with van der Waals surface area (Å²) in [6, 6.07) is 10.8. The van der Waals surface area contributed by atoms with Gasteiger partial charge in [0.05, 0.1) is 17.1 Å². The monoisotopic (exact) mass is 455 g/mol. The van der Waals surface area contributed by atoms with Crippen LogP contribution in [-0.4, -0.2) is 20.8 Å². The first-order valence-electron chi connectivity index (χ1n) is 10.3. The standard InChI is InChI=1S/C23H20F3N5O2/c1-2-3-4-14-12-19(29-23(33)28-18-9-7-16(24)21(25)22(18)26)31(30-14)15-6-8-17-13(11-15)5-10-20(32)27-17/h5-12H,2-4H2,1H3,(H,27,32)(H2,28,29,33). The maximum absolute atomic E-state index is 13.9. The topological polar surface area (TPSA) is 91.8 Å². The molecule has 0 atom stereocenters. The molecule has 0 bridgehead atoms. The molecular weight excluding hydrogens is 435 g/mol. The summed E-state index contributed by atoms with van der Waals surface area (Å²) in [6.45, 7) is 2.05. The summed E-state index contributed by atoms with van der Waals surface area (Å²) >= 11 is 0. The molecule has 170 valence electrons. The molecule has 0 aliphatic carbocycles. The molecule has 0 fully saturated rings. The molecule has 33 heavy (non-hydrogen) atoms. The minimum absolute atomic E-state index is 0.223. The number of aromatic amines is 1. The average Bonchev–Trinajstić information content (AvgIpc) is 3.20. The second-order valence-electron chi connectivity index (χ2n) is 7.43. The van der Waals surface area contributed by atoms with E-state index in [0.29, 0.717) is 23.4 Å². The van der Waals surface area contributed by atoms with Crippen molar-refractivity contribution < 1.29 is 18.0 Å². The van der Waals surface area contributed by atoms with Crippen LogP contribution in [-0.2, 0) is 6.42 Å². The van der Waals surface area contributed by atoms with E-state index in [1.807, 2.05) is 6.92 Å². The quantitative estimate of drug-likeness (QED) is 0.353. The number of fused-ring (bicyclic) bond motifs is 1. The van der Waals surface area contributed by atoms with Gasteiger partial charge in [0.2, 0.25) is 5.56 Å². The summed E-state index contributed by atoms with van der Waals surface area (Å²) in [5.74, 6) is -4.22.